The number of rotatable bonds is 7. The van der Waals surface area contributed by atoms with Gasteiger partial charge in [0.15, 0.2) is 6.61 Å². The van der Waals surface area contributed by atoms with Gasteiger partial charge in [-0.2, -0.15) is 0 Å². The lowest BCUT2D eigenvalue weighted by molar-refractivity contribution is -0.142. The van der Waals surface area contributed by atoms with Gasteiger partial charge in [0.05, 0.1) is 19.8 Å². The van der Waals surface area contributed by atoms with E-state index in [1.165, 1.54) is 19.3 Å². The maximum Gasteiger partial charge on any atom is 0.337 e. The van der Waals surface area contributed by atoms with Gasteiger partial charge in [0, 0.05) is 11.8 Å². The highest BCUT2D eigenvalue weighted by Gasteiger charge is 2.11. The molecule has 0 aromatic heterocycles. The number of carbonyl (C=O) groups is 3. The number of nitrogens with one attached hydrogen (secondary N) is 1. The van der Waals surface area contributed by atoms with Crippen LogP contribution in [-0.2, 0) is 19.1 Å². The SMILES string of the molecule is COC(=O)c1ccc(C)c(NC(=O)COC(=O)/C=C/c2ccc(OC)cc2)c1. The molecule has 7 nitrogen and oxygen atoms in total. The third-order valence-electron chi connectivity index (χ3n) is 3.81. The predicted molar refractivity (Wildman–Crippen MR) is 104 cm³/mol. The van der Waals surface area contributed by atoms with Crippen molar-refractivity contribution in [2.75, 3.05) is 26.1 Å². The van der Waals surface area contributed by atoms with Crippen molar-refractivity contribution >= 4 is 29.6 Å². The Hall–Kier alpha value is -3.61. The van der Waals surface area contributed by atoms with E-state index in [0.717, 1.165) is 11.1 Å². The first kappa shape index (κ1) is 20.7. The fraction of sp³-hybridized carbons (Fsp3) is 0.190. The molecule has 0 aliphatic heterocycles. The maximum absolute atomic E-state index is 12.0. The number of amides is 1. The summed E-state index contributed by atoms with van der Waals surface area (Å²) in [6.07, 6.45) is 2.81. The second-order valence-electron chi connectivity index (χ2n) is 5.78. The van der Waals surface area contributed by atoms with Gasteiger partial charge in [-0.05, 0) is 48.4 Å². The molecule has 146 valence electrons. The summed E-state index contributed by atoms with van der Waals surface area (Å²) >= 11 is 0. The molecule has 0 aliphatic carbocycles. The highest BCUT2D eigenvalue weighted by atomic mass is 16.5. The summed E-state index contributed by atoms with van der Waals surface area (Å²) < 4.78 is 14.6. The van der Waals surface area contributed by atoms with E-state index < -0.39 is 24.5 Å². The van der Waals surface area contributed by atoms with Crippen LogP contribution in [0.4, 0.5) is 5.69 Å². The molecule has 7 heteroatoms. The number of esters is 2. The summed E-state index contributed by atoms with van der Waals surface area (Å²) in [4.78, 5) is 35.4. The van der Waals surface area contributed by atoms with Crippen molar-refractivity contribution in [2.45, 2.75) is 6.92 Å². The number of anilines is 1. The normalized spacial score (nSPS) is 10.4. The van der Waals surface area contributed by atoms with Crippen molar-refractivity contribution in [1.82, 2.24) is 0 Å². The molecule has 1 N–H and O–H groups in total. The van der Waals surface area contributed by atoms with Crippen molar-refractivity contribution in [2.24, 2.45) is 0 Å². The Labute approximate surface area is 162 Å². The van der Waals surface area contributed by atoms with Gasteiger partial charge in [0.25, 0.3) is 5.91 Å². The van der Waals surface area contributed by atoms with Crippen LogP contribution in [0.1, 0.15) is 21.5 Å². The summed E-state index contributed by atoms with van der Waals surface area (Å²) in [6, 6.07) is 11.9. The Morgan fingerprint density at radius 3 is 2.39 bits per heavy atom. The molecule has 0 radical (unpaired) electrons. The van der Waals surface area contributed by atoms with Gasteiger partial charge in [-0.25, -0.2) is 9.59 Å². The lowest BCUT2D eigenvalue weighted by Gasteiger charge is -2.10. The molecule has 0 bridgehead atoms. The molecular formula is C21H21NO6. The monoisotopic (exact) mass is 383 g/mol. The van der Waals surface area contributed by atoms with Crippen LogP contribution in [0.2, 0.25) is 0 Å². The van der Waals surface area contributed by atoms with Crippen LogP contribution in [0.15, 0.2) is 48.5 Å². The lowest BCUT2D eigenvalue weighted by atomic mass is 10.1. The van der Waals surface area contributed by atoms with Crippen LogP contribution in [-0.4, -0.2) is 38.7 Å². The van der Waals surface area contributed by atoms with Crippen LogP contribution in [0.5, 0.6) is 5.75 Å². The van der Waals surface area contributed by atoms with Crippen LogP contribution in [0.3, 0.4) is 0 Å². The molecule has 0 atom stereocenters. The zero-order valence-corrected chi connectivity index (χ0v) is 15.9. The fourth-order valence-electron chi connectivity index (χ4n) is 2.25. The number of hydrogen-bond acceptors (Lipinski definition) is 6. The molecule has 28 heavy (non-hydrogen) atoms. The Morgan fingerprint density at radius 1 is 1.04 bits per heavy atom. The van der Waals surface area contributed by atoms with Gasteiger partial charge >= 0.3 is 11.9 Å². The molecule has 2 aromatic rings. The summed E-state index contributed by atoms with van der Waals surface area (Å²) in [5.74, 6) is -0.962. The zero-order chi connectivity index (χ0) is 20.5. The van der Waals surface area contributed by atoms with E-state index in [-0.39, 0.29) is 0 Å². The van der Waals surface area contributed by atoms with E-state index in [1.54, 1.807) is 56.5 Å². The average Bonchev–Trinajstić information content (AvgIpc) is 2.72. The second kappa shape index (κ2) is 9.91. The molecule has 0 saturated carbocycles. The Morgan fingerprint density at radius 2 is 1.75 bits per heavy atom. The van der Waals surface area contributed by atoms with Crippen molar-refractivity contribution in [3.63, 3.8) is 0 Å². The number of benzene rings is 2. The molecule has 0 aliphatic rings. The second-order valence-corrected chi connectivity index (χ2v) is 5.78. The molecule has 2 aromatic carbocycles. The van der Waals surface area contributed by atoms with Crippen LogP contribution < -0.4 is 10.1 Å². The van der Waals surface area contributed by atoms with Crippen molar-refractivity contribution in [3.8, 4) is 5.75 Å². The largest absolute Gasteiger partial charge is 0.497 e. The molecule has 0 heterocycles. The Kier molecular flexibility index (Phi) is 7.33. The first-order valence-corrected chi connectivity index (χ1v) is 8.40. The maximum atomic E-state index is 12.0. The molecule has 0 fully saturated rings. The molecule has 0 unspecified atom stereocenters. The third-order valence-corrected chi connectivity index (χ3v) is 3.81. The number of carbonyl (C=O) groups excluding carboxylic acids is 3. The van der Waals surface area contributed by atoms with E-state index in [4.69, 9.17) is 9.47 Å². The third kappa shape index (κ3) is 5.98. The summed E-state index contributed by atoms with van der Waals surface area (Å²) in [5, 5.41) is 2.61. The summed E-state index contributed by atoms with van der Waals surface area (Å²) in [5.41, 5.74) is 2.30. The standard InChI is InChI=1S/C21H21NO6/c1-14-4-8-16(21(25)27-3)12-18(14)22-19(23)13-28-20(24)11-7-15-5-9-17(26-2)10-6-15/h4-12H,13H2,1-3H3,(H,22,23)/b11-7+. The first-order valence-electron chi connectivity index (χ1n) is 8.40. The molecular weight excluding hydrogens is 362 g/mol. The minimum atomic E-state index is -0.647. The zero-order valence-electron chi connectivity index (χ0n) is 15.9. The quantitative estimate of drug-likeness (QED) is 0.584. The van der Waals surface area contributed by atoms with Gasteiger partial charge in [-0.3, -0.25) is 4.79 Å². The number of methoxy groups -OCH3 is 2. The minimum Gasteiger partial charge on any atom is -0.497 e. The molecule has 2 rings (SSSR count). The van der Waals surface area contributed by atoms with Gasteiger partial charge < -0.3 is 19.5 Å². The summed E-state index contributed by atoms with van der Waals surface area (Å²) in [6.45, 7) is 1.33. The lowest BCUT2D eigenvalue weighted by Crippen LogP contribution is -2.21. The smallest absolute Gasteiger partial charge is 0.337 e. The highest BCUT2D eigenvalue weighted by Crippen LogP contribution is 2.17. The number of hydrogen-bond donors (Lipinski definition) is 1. The predicted octanol–water partition coefficient (Wildman–Crippen LogP) is 2.99. The number of aryl methyl sites for hydroxylation is 1. The van der Waals surface area contributed by atoms with E-state index in [9.17, 15) is 14.4 Å². The van der Waals surface area contributed by atoms with E-state index in [0.29, 0.717) is 17.0 Å². The topological polar surface area (TPSA) is 90.9 Å². The fourth-order valence-corrected chi connectivity index (χ4v) is 2.25. The van der Waals surface area contributed by atoms with Crippen LogP contribution in [0.25, 0.3) is 6.08 Å². The molecule has 0 saturated heterocycles. The van der Waals surface area contributed by atoms with Gasteiger partial charge in [-0.15, -0.1) is 0 Å². The Balaban J connectivity index is 1.88. The molecule has 0 spiro atoms. The highest BCUT2D eigenvalue weighted by molar-refractivity contribution is 5.97. The Bertz CT molecular complexity index is 886. The first-order chi connectivity index (χ1) is 13.4. The minimum absolute atomic E-state index is 0.308. The van der Waals surface area contributed by atoms with Gasteiger partial charge in [0.2, 0.25) is 0 Å². The van der Waals surface area contributed by atoms with Crippen LogP contribution >= 0.6 is 0 Å². The van der Waals surface area contributed by atoms with Gasteiger partial charge in [0.1, 0.15) is 5.75 Å². The van der Waals surface area contributed by atoms with Crippen molar-refractivity contribution in [1.29, 1.82) is 0 Å². The van der Waals surface area contributed by atoms with Crippen molar-refractivity contribution in [3.05, 3.63) is 65.2 Å². The average molecular weight is 383 g/mol. The number of ether oxygens (including phenoxy) is 3. The van der Waals surface area contributed by atoms with Gasteiger partial charge in [-0.1, -0.05) is 18.2 Å². The van der Waals surface area contributed by atoms with Crippen molar-refractivity contribution < 1.29 is 28.6 Å². The van der Waals surface area contributed by atoms with E-state index in [1.807, 2.05) is 0 Å². The van der Waals surface area contributed by atoms with Crippen LogP contribution in [0, 0.1) is 6.92 Å². The van der Waals surface area contributed by atoms with E-state index >= 15 is 0 Å². The summed E-state index contributed by atoms with van der Waals surface area (Å²) in [7, 11) is 2.85. The van der Waals surface area contributed by atoms with E-state index in [2.05, 4.69) is 10.1 Å². The molecule has 1 amide bonds.